The Labute approximate surface area is 72.6 Å². The molecule has 2 rings (SSSR count). The van der Waals surface area contributed by atoms with Crippen molar-refractivity contribution in [1.29, 1.82) is 0 Å². The fourth-order valence-electron chi connectivity index (χ4n) is 1.48. The molecule has 1 heterocycles. The van der Waals surface area contributed by atoms with E-state index < -0.39 is 0 Å². The monoisotopic (exact) mass is 156 g/mol. The van der Waals surface area contributed by atoms with Crippen LogP contribution < -0.4 is 5.46 Å². The van der Waals surface area contributed by atoms with Crippen LogP contribution in [0.2, 0.25) is 0 Å². The number of hydrogen-bond donors (Lipinski definition) is 0. The smallest absolute Gasteiger partial charge is 0.114 e. The van der Waals surface area contributed by atoms with Crippen LogP contribution >= 0.6 is 0 Å². The van der Waals surface area contributed by atoms with Gasteiger partial charge in [0, 0.05) is 12.4 Å². The van der Waals surface area contributed by atoms with Crippen LogP contribution in [0.4, 0.5) is 0 Å². The van der Waals surface area contributed by atoms with Gasteiger partial charge in [-0.3, -0.25) is 4.68 Å². The SMILES string of the molecule is [B]c1ccc2cnn(C)c2c1C. The lowest BCUT2D eigenvalue weighted by atomic mass is 9.90. The molecule has 2 nitrogen and oxygen atoms in total. The highest BCUT2D eigenvalue weighted by atomic mass is 15.2. The maximum Gasteiger partial charge on any atom is 0.114 e. The first-order valence-electron chi connectivity index (χ1n) is 3.87. The summed E-state index contributed by atoms with van der Waals surface area (Å²) in [6, 6.07) is 3.91. The number of nitrogens with zero attached hydrogens (tertiary/aromatic N) is 2. The maximum atomic E-state index is 5.77. The largest absolute Gasteiger partial charge is 0.268 e. The molecule has 0 N–H and O–H groups in total. The minimum Gasteiger partial charge on any atom is -0.268 e. The second kappa shape index (κ2) is 2.37. The van der Waals surface area contributed by atoms with Crippen LogP contribution in [0.15, 0.2) is 18.3 Å². The molecule has 0 atom stereocenters. The second-order valence-corrected chi connectivity index (χ2v) is 2.99. The molecule has 12 heavy (non-hydrogen) atoms. The van der Waals surface area contributed by atoms with E-state index in [1.807, 2.05) is 37.0 Å². The molecule has 0 unspecified atom stereocenters. The molecule has 0 bridgehead atoms. The van der Waals surface area contributed by atoms with Gasteiger partial charge >= 0.3 is 0 Å². The Hall–Kier alpha value is -1.25. The van der Waals surface area contributed by atoms with Gasteiger partial charge in [-0.15, -0.1) is 0 Å². The zero-order valence-corrected chi connectivity index (χ0v) is 7.20. The summed E-state index contributed by atoms with van der Waals surface area (Å²) in [6.07, 6.45) is 1.85. The lowest BCUT2D eigenvalue weighted by Crippen LogP contribution is -2.08. The summed E-state index contributed by atoms with van der Waals surface area (Å²) in [4.78, 5) is 0. The van der Waals surface area contributed by atoms with E-state index in [1.54, 1.807) is 0 Å². The van der Waals surface area contributed by atoms with Crippen molar-refractivity contribution < 1.29 is 0 Å². The van der Waals surface area contributed by atoms with Gasteiger partial charge in [-0.2, -0.15) is 5.10 Å². The van der Waals surface area contributed by atoms with E-state index in [0.717, 1.165) is 21.9 Å². The molecular formula is C9H9BN2. The summed E-state index contributed by atoms with van der Waals surface area (Å²) in [5.74, 6) is 0. The molecular weight excluding hydrogens is 147 g/mol. The van der Waals surface area contributed by atoms with Crippen LogP contribution in [-0.4, -0.2) is 17.6 Å². The Morgan fingerprint density at radius 2 is 2.17 bits per heavy atom. The van der Waals surface area contributed by atoms with Gasteiger partial charge in [0.25, 0.3) is 0 Å². The minimum atomic E-state index is 0.825. The lowest BCUT2D eigenvalue weighted by Gasteiger charge is -2.02. The molecule has 2 radical (unpaired) electrons. The fourth-order valence-corrected chi connectivity index (χ4v) is 1.48. The molecule has 58 valence electrons. The van der Waals surface area contributed by atoms with Crippen LogP contribution in [0.25, 0.3) is 10.9 Å². The van der Waals surface area contributed by atoms with E-state index in [1.165, 1.54) is 0 Å². The molecule has 0 fully saturated rings. The van der Waals surface area contributed by atoms with Crippen molar-refractivity contribution in [1.82, 2.24) is 9.78 Å². The third kappa shape index (κ3) is 0.859. The number of aromatic nitrogens is 2. The molecule has 0 amide bonds. The number of hydrogen-bond acceptors (Lipinski definition) is 1. The molecule has 0 aliphatic heterocycles. The Kier molecular flexibility index (Phi) is 1.46. The van der Waals surface area contributed by atoms with Crippen LogP contribution in [0.5, 0.6) is 0 Å². The zero-order chi connectivity index (χ0) is 8.72. The third-order valence-corrected chi connectivity index (χ3v) is 2.20. The number of fused-ring (bicyclic) bond motifs is 1. The fraction of sp³-hybridized carbons (Fsp3) is 0.222. The average Bonchev–Trinajstić information content (AvgIpc) is 2.41. The second-order valence-electron chi connectivity index (χ2n) is 2.99. The highest BCUT2D eigenvalue weighted by Gasteiger charge is 2.03. The van der Waals surface area contributed by atoms with E-state index in [9.17, 15) is 0 Å². The molecule has 1 aromatic heterocycles. The van der Waals surface area contributed by atoms with E-state index >= 15 is 0 Å². The summed E-state index contributed by atoms with van der Waals surface area (Å²) in [5.41, 5.74) is 3.05. The lowest BCUT2D eigenvalue weighted by molar-refractivity contribution is 0.795. The molecule has 0 saturated heterocycles. The molecule has 0 spiro atoms. The first kappa shape index (κ1) is 7.41. The van der Waals surface area contributed by atoms with Gasteiger partial charge in [0.05, 0.1) is 11.7 Å². The van der Waals surface area contributed by atoms with Crippen molar-refractivity contribution >= 4 is 24.2 Å². The van der Waals surface area contributed by atoms with Crippen LogP contribution in [0.1, 0.15) is 5.56 Å². The molecule has 3 heteroatoms. The van der Waals surface area contributed by atoms with E-state index in [0.29, 0.717) is 0 Å². The van der Waals surface area contributed by atoms with Gasteiger partial charge in [0.15, 0.2) is 0 Å². The van der Waals surface area contributed by atoms with Crippen LogP contribution in [0, 0.1) is 6.92 Å². The van der Waals surface area contributed by atoms with E-state index in [-0.39, 0.29) is 0 Å². The Morgan fingerprint density at radius 1 is 1.42 bits per heavy atom. The molecule has 0 saturated carbocycles. The molecule has 0 aliphatic carbocycles. The predicted molar refractivity (Wildman–Crippen MR) is 50.8 cm³/mol. The van der Waals surface area contributed by atoms with Crippen molar-refractivity contribution in [2.75, 3.05) is 0 Å². The number of aryl methyl sites for hydroxylation is 2. The highest BCUT2D eigenvalue weighted by Crippen LogP contribution is 2.14. The summed E-state index contributed by atoms with van der Waals surface area (Å²) in [6.45, 7) is 2.01. The minimum absolute atomic E-state index is 0.825. The van der Waals surface area contributed by atoms with Gasteiger partial charge < -0.3 is 0 Å². The quantitative estimate of drug-likeness (QED) is 0.512. The summed E-state index contributed by atoms with van der Waals surface area (Å²) >= 11 is 0. The topological polar surface area (TPSA) is 17.8 Å². The predicted octanol–water partition coefficient (Wildman–Crippen LogP) is 0.676. The van der Waals surface area contributed by atoms with Crippen molar-refractivity contribution in [3.63, 3.8) is 0 Å². The summed E-state index contributed by atoms with van der Waals surface area (Å²) < 4.78 is 1.85. The number of rotatable bonds is 0. The Bertz CT molecular complexity index is 431. The zero-order valence-electron chi connectivity index (χ0n) is 7.20. The first-order valence-corrected chi connectivity index (χ1v) is 3.87. The van der Waals surface area contributed by atoms with E-state index in [2.05, 4.69) is 5.10 Å². The first-order chi connectivity index (χ1) is 5.70. The van der Waals surface area contributed by atoms with Gasteiger partial charge in [0.1, 0.15) is 7.85 Å². The van der Waals surface area contributed by atoms with Gasteiger partial charge in [-0.05, 0) is 12.5 Å². The molecule has 0 aliphatic rings. The third-order valence-electron chi connectivity index (χ3n) is 2.20. The van der Waals surface area contributed by atoms with Crippen molar-refractivity contribution in [3.05, 3.63) is 23.9 Å². The van der Waals surface area contributed by atoms with Gasteiger partial charge in [-0.1, -0.05) is 17.6 Å². The standard InChI is InChI=1S/C9H9BN2/c1-6-8(10)4-3-7-5-11-12(2)9(6)7/h3-5H,1-2H3. The van der Waals surface area contributed by atoms with Gasteiger partial charge in [-0.25, -0.2) is 0 Å². The van der Waals surface area contributed by atoms with Crippen molar-refractivity contribution in [3.8, 4) is 0 Å². The van der Waals surface area contributed by atoms with Crippen molar-refractivity contribution in [2.24, 2.45) is 7.05 Å². The maximum absolute atomic E-state index is 5.77. The Morgan fingerprint density at radius 3 is 2.92 bits per heavy atom. The van der Waals surface area contributed by atoms with Crippen LogP contribution in [0.3, 0.4) is 0 Å². The van der Waals surface area contributed by atoms with Crippen molar-refractivity contribution in [2.45, 2.75) is 6.92 Å². The van der Waals surface area contributed by atoms with Gasteiger partial charge in [0.2, 0.25) is 0 Å². The van der Waals surface area contributed by atoms with E-state index in [4.69, 9.17) is 7.85 Å². The average molecular weight is 156 g/mol. The number of benzene rings is 1. The molecule has 1 aromatic carbocycles. The Balaban J connectivity index is 2.96. The normalized spacial score (nSPS) is 10.8. The van der Waals surface area contributed by atoms with Crippen LogP contribution in [-0.2, 0) is 7.05 Å². The highest BCUT2D eigenvalue weighted by molar-refractivity contribution is 6.34. The summed E-state index contributed by atoms with van der Waals surface area (Å²) in [5, 5.41) is 5.30. The molecule has 2 aromatic rings. The summed E-state index contributed by atoms with van der Waals surface area (Å²) in [7, 11) is 7.70.